The first-order valence-corrected chi connectivity index (χ1v) is 7.69. The molecule has 0 fully saturated rings. The Morgan fingerprint density at radius 3 is 2.30 bits per heavy atom. The molecule has 0 spiro atoms. The topological polar surface area (TPSA) is 44.5 Å². The van der Waals surface area contributed by atoms with Gasteiger partial charge in [0.05, 0.1) is 13.0 Å². The molecule has 0 aliphatic rings. The molecule has 0 saturated carbocycles. The zero-order chi connectivity index (χ0) is 16.1. The summed E-state index contributed by atoms with van der Waals surface area (Å²) in [5.74, 6) is 2.60. The third-order valence-electron chi connectivity index (χ3n) is 3.41. The van der Waals surface area contributed by atoms with Crippen molar-refractivity contribution in [3.8, 4) is 22.8 Å². The van der Waals surface area contributed by atoms with Gasteiger partial charge >= 0.3 is 0 Å². The van der Waals surface area contributed by atoms with Gasteiger partial charge < -0.3 is 14.0 Å². The quantitative estimate of drug-likeness (QED) is 0.616. The Morgan fingerprint density at radius 1 is 1.00 bits per heavy atom. The molecule has 0 bridgehead atoms. The number of benzene rings is 2. The molecule has 0 aliphatic heterocycles. The average molecular weight is 330 g/mol. The minimum atomic E-state index is 0.316. The first-order valence-electron chi connectivity index (χ1n) is 7.16. The Kier molecular flexibility index (Phi) is 4.83. The molecule has 0 aliphatic carbocycles. The van der Waals surface area contributed by atoms with E-state index in [0.29, 0.717) is 18.2 Å². The van der Waals surface area contributed by atoms with Gasteiger partial charge in [-0.1, -0.05) is 17.3 Å². The van der Waals surface area contributed by atoms with E-state index in [2.05, 4.69) is 5.16 Å². The summed E-state index contributed by atoms with van der Waals surface area (Å²) in [5.41, 5.74) is 2.81. The van der Waals surface area contributed by atoms with Crippen molar-refractivity contribution in [3.63, 3.8) is 0 Å². The Bertz CT molecular complexity index is 751. The maximum Gasteiger partial charge on any atom is 0.152 e. The van der Waals surface area contributed by atoms with Gasteiger partial charge in [-0.2, -0.15) is 0 Å². The largest absolute Gasteiger partial charge is 0.497 e. The summed E-state index contributed by atoms with van der Waals surface area (Å²) in [7, 11) is 1.65. The molecule has 5 heteroatoms. The fourth-order valence-corrected chi connectivity index (χ4v) is 2.25. The number of hydrogen-bond acceptors (Lipinski definition) is 4. The Balaban J connectivity index is 1.62. The third kappa shape index (κ3) is 3.85. The van der Waals surface area contributed by atoms with E-state index in [1.165, 1.54) is 0 Å². The van der Waals surface area contributed by atoms with Crippen LogP contribution < -0.4 is 9.47 Å². The van der Waals surface area contributed by atoms with Crippen molar-refractivity contribution >= 4 is 11.6 Å². The maximum absolute atomic E-state index is 5.78. The monoisotopic (exact) mass is 329 g/mol. The number of aromatic nitrogens is 1. The van der Waals surface area contributed by atoms with E-state index in [9.17, 15) is 0 Å². The second-order valence-corrected chi connectivity index (χ2v) is 5.24. The summed E-state index contributed by atoms with van der Waals surface area (Å²) in [6.07, 6.45) is 0. The molecule has 0 saturated heterocycles. The number of alkyl halides is 1. The van der Waals surface area contributed by atoms with E-state index < -0.39 is 0 Å². The van der Waals surface area contributed by atoms with Crippen LogP contribution in [0.15, 0.2) is 59.1 Å². The molecule has 0 unspecified atom stereocenters. The SMILES string of the molecule is COc1ccc(COc2ccc(-c3cc(CCl)on3)cc2)cc1. The van der Waals surface area contributed by atoms with Gasteiger partial charge in [0.15, 0.2) is 5.76 Å². The predicted octanol–water partition coefficient (Wildman–Crippen LogP) is 4.67. The van der Waals surface area contributed by atoms with Gasteiger partial charge in [-0.25, -0.2) is 0 Å². The summed E-state index contributed by atoms with van der Waals surface area (Å²) >= 11 is 5.71. The van der Waals surface area contributed by atoms with Crippen molar-refractivity contribution in [2.75, 3.05) is 7.11 Å². The van der Waals surface area contributed by atoms with E-state index in [0.717, 1.165) is 28.3 Å². The van der Waals surface area contributed by atoms with Crippen molar-refractivity contribution in [3.05, 3.63) is 65.9 Å². The van der Waals surface area contributed by atoms with Crippen molar-refractivity contribution in [2.45, 2.75) is 12.5 Å². The molecule has 3 aromatic rings. The highest BCUT2D eigenvalue weighted by molar-refractivity contribution is 6.16. The third-order valence-corrected chi connectivity index (χ3v) is 3.67. The predicted molar refractivity (Wildman–Crippen MR) is 88.8 cm³/mol. The van der Waals surface area contributed by atoms with Crippen LogP contribution in [-0.4, -0.2) is 12.3 Å². The van der Waals surface area contributed by atoms with E-state index >= 15 is 0 Å². The van der Waals surface area contributed by atoms with Gasteiger partial charge in [-0.3, -0.25) is 0 Å². The highest BCUT2D eigenvalue weighted by Gasteiger charge is 2.06. The summed E-state index contributed by atoms with van der Waals surface area (Å²) < 4.78 is 16.0. The van der Waals surface area contributed by atoms with Crippen molar-refractivity contribution in [1.29, 1.82) is 0 Å². The van der Waals surface area contributed by atoms with Crippen LogP contribution in [0.3, 0.4) is 0 Å². The van der Waals surface area contributed by atoms with Crippen LogP contribution in [0.1, 0.15) is 11.3 Å². The van der Waals surface area contributed by atoms with Crippen molar-refractivity contribution in [2.24, 2.45) is 0 Å². The molecule has 1 aromatic heterocycles. The minimum Gasteiger partial charge on any atom is -0.497 e. The summed E-state index contributed by atoms with van der Waals surface area (Å²) in [6, 6.07) is 17.3. The van der Waals surface area contributed by atoms with Crippen LogP contribution in [0.4, 0.5) is 0 Å². The molecule has 3 rings (SSSR count). The zero-order valence-corrected chi connectivity index (χ0v) is 13.4. The van der Waals surface area contributed by atoms with Gasteiger partial charge in [0.1, 0.15) is 23.8 Å². The first kappa shape index (κ1) is 15.4. The van der Waals surface area contributed by atoms with Gasteiger partial charge in [0.25, 0.3) is 0 Å². The van der Waals surface area contributed by atoms with Crippen molar-refractivity contribution < 1.29 is 14.0 Å². The van der Waals surface area contributed by atoms with E-state index in [1.54, 1.807) is 7.11 Å². The standard InChI is InChI=1S/C18H16ClNO3/c1-21-15-6-2-13(3-7-15)12-22-16-8-4-14(5-9-16)18-10-17(11-19)23-20-18/h2-10H,11-12H2,1H3. The lowest BCUT2D eigenvalue weighted by Crippen LogP contribution is -1.95. The first-order chi connectivity index (χ1) is 11.3. The van der Waals surface area contributed by atoms with Crippen LogP contribution in [0.2, 0.25) is 0 Å². The maximum atomic E-state index is 5.78. The van der Waals surface area contributed by atoms with E-state index in [1.807, 2.05) is 54.6 Å². The Hall–Kier alpha value is -2.46. The molecular weight excluding hydrogens is 314 g/mol. The number of rotatable bonds is 6. The Morgan fingerprint density at radius 2 is 1.70 bits per heavy atom. The van der Waals surface area contributed by atoms with Crippen LogP contribution in [0, 0.1) is 0 Å². The van der Waals surface area contributed by atoms with E-state index in [4.69, 9.17) is 25.6 Å². The molecule has 23 heavy (non-hydrogen) atoms. The van der Waals surface area contributed by atoms with Crippen LogP contribution >= 0.6 is 11.6 Å². The lowest BCUT2D eigenvalue weighted by atomic mass is 10.1. The van der Waals surface area contributed by atoms with Crippen molar-refractivity contribution in [1.82, 2.24) is 5.16 Å². The molecule has 0 atom stereocenters. The second-order valence-electron chi connectivity index (χ2n) is 4.97. The summed E-state index contributed by atoms with van der Waals surface area (Å²) in [6.45, 7) is 0.504. The highest BCUT2D eigenvalue weighted by Crippen LogP contribution is 2.23. The number of ether oxygens (including phenoxy) is 2. The van der Waals surface area contributed by atoms with Gasteiger partial charge in [0, 0.05) is 11.6 Å². The molecule has 0 radical (unpaired) electrons. The van der Waals surface area contributed by atoms with Gasteiger partial charge in [0.2, 0.25) is 0 Å². The van der Waals surface area contributed by atoms with Gasteiger partial charge in [-0.05, 0) is 42.0 Å². The number of hydrogen-bond donors (Lipinski definition) is 0. The molecule has 0 N–H and O–H groups in total. The summed E-state index contributed by atoms with van der Waals surface area (Å²) in [5, 5.41) is 3.98. The highest BCUT2D eigenvalue weighted by atomic mass is 35.5. The Labute approximate surface area is 139 Å². The molecule has 118 valence electrons. The fraction of sp³-hybridized carbons (Fsp3) is 0.167. The van der Waals surface area contributed by atoms with E-state index in [-0.39, 0.29) is 0 Å². The fourth-order valence-electron chi connectivity index (χ4n) is 2.12. The molecule has 4 nitrogen and oxygen atoms in total. The van der Waals surface area contributed by atoms with Crippen LogP contribution in [-0.2, 0) is 12.5 Å². The zero-order valence-electron chi connectivity index (χ0n) is 12.7. The van der Waals surface area contributed by atoms with Gasteiger partial charge in [-0.15, -0.1) is 11.6 Å². The second kappa shape index (κ2) is 7.20. The molecule has 0 amide bonds. The molecule has 1 heterocycles. The number of nitrogens with zero attached hydrogens (tertiary/aromatic N) is 1. The molecular formula is C18H16ClNO3. The summed E-state index contributed by atoms with van der Waals surface area (Å²) in [4.78, 5) is 0. The van der Waals surface area contributed by atoms with Crippen LogP contribution in [0.25, 0.3) is 11.3 Å². The lowest BCUT2D eigenvalue weighted by Gasteiger charge is -2.07. The smallest absolute Gasteiger partial charge is 0.152 e. The minimum absolute atomic E-state index is 0.316. The van der Waals surface area contributed by atoms with Crippen LogP contribution in [0.5, 0.6) is 11.5 Å². The average Bonchev–Trinajstić information content (AvgIpc) is 3.10. The lowest BCUT2D eigenvalue weighted by molar-refractivity contribution is 0.306. The number of methoxy groups -OCH3 is 1. The number of halogens is 1. The normalized spacial score (nSPS) is 10.5. The molecule has 2 aromatic carbocycles.